The minimum Gasteiger partial charge on any atom is -0.315 e. The zero-order valence-corrected chi connectivity index (χ0v) is 15.5. The Labute approximate surface area is 153 Å². The first-order chi connectivity index (χ1) is 11.9. The van der Waals surface area contributed by atoms with E-state index in [0.29, 0.717) is 13.1 Å². The molecule has 0 saturated carbocycles. The van der Waals surface area contributed by atoms with E-state index in [1.807, 2.05) is 42.5 Å². The van der Waals surface area contributed by atoms with Gasteiger partial charge < -0.3 is 10.2 Å². The van der Waals surface area contributed by atoms with E-state index in [4.69, 9.17) is 11.6 Å². The van der Waals surface area contributed by atoms with Gasteiger partial charge in [0.05, 0.1) is 12.1 Å². The highest BCUT2D eigenvalue weighted by Crippen LogP contribution is 2.45. The molecule has 0 aliphatic carbocycles. The van der Waals surface area contributed by atoms with Crippen LogP contribution in [-0.4, -0.2) is 35.3 Å². The van der Waals surface area contributed by atoms with Crippen LogP contribution in [0.2, 0.25) is 5.02 Å². The molecule has 0 bridgehead atoms. The van der Waals surface area contributed by atoms with Gasteiger partial charge in [-0.25, -0.2) is 0 Å². The van der Waals surface area contributed by atoms with E-state index in [0.717, 1.165) is 28.4 Å². The Kier molecular flexibility index (Phi) is 3.89. The quantitative estimate of drug-likeness (QED) is 0.898. The highest BCUT2D eigenvalue weighted by Gasteiger charge is 2.44. The van der Waals surface area contributed by atoms with E-state index >= 15 is 0 Å². The number of carbonyl (C=O) groups is 1. The Morgan fingerprint density at radius 1 is 1.36 bits per heavy atom. The number of halogens is 1. The maximum absolute atomic E-state index is 13.4. The molecule has 1 N–H and O–H groups in total. The van der Waals surface area contributed by atoms with Crippen molar-refractivity contribution in [1.82, 2.24) is 15.1 Å². The summed E-state index contributed by atoms with van der Waals surface area (Å²) in [5, 5.41) is 8.39. The summed E-state index contributed by atoms with van der Waals surface area (Å²) in [6.07, 6.45) is 3.88. The molecule has 2 aliphatic rings. The van der Waals surface area contributed by atoms with Crippen molar-refractivity contribution >= 4 is 23.2 Å². The third-order valence-corrected chi connectivity index (χ3v) is 5.78. The third kappa shape index (κ3) is 2.66. The second-order valence-electron chi connectivity index (χ2n) is 7.76. The van der Waals surface area contributed by atoms with Crippen LogP contribution >= 0.6 is 11.6 Å². The number of benzene rings is 1. The molecule has 0 spiro atoms. The molecule has 4 rings (SSSR count). The van der Waals surface area contributed by atoms with E-state index in [2.05, 4.69) is 24.3 Å². The lowest BCUT2D eigenvalue weighted by Gasteiger charge is -2.26. The van der Waals surface area contributed by atoms with Crippen LogP contribution in [0.3, 0.4) is 0 Å². The van der Waals surface area contributed by atoms with Crippen LogP contribution in [0.4, 0.5) is 5.69 Å². The van der Waals surface area contributed by atoms with Gasteiger partial charge in [-0.1, -0.05) is 31.5 Å². The Morgan fingerprint density at radius 2 is 2.16 bits per heavy atom. The zero-order chi connectivity index (χ0) is 17.8. The standard InChI is InChI=1S/C19H23ClN4O/c1-19(2)11-24(16-6-4-5-15(20)17(16)19)18(25)14-9-21-8-13(14)12-7-22-23(3)10-12/h4-7,10,13-14,21H,8-9,11H2,1-3H3/t13-,14+/m1/s1. The van der Waals surface area contributed by atoms with Crippen molar-refractivity contribution in [2.24, 2.45) is 13.0 Å². The van der Waals surface area contributed by atoms with Crippen molar-refractivity contribution in [3.05, 3.63) is 46.7 Å². The fourth-order valence-electron chi connectivity index (χ4n) is 4.28. The van der Waals surface area contributed by atoms with E-state index in [-0.39, 0.29) is 23.2 Å². The van der Waals surface area contributed by atoms with Gasteiger partial charge in [0.1, 0.15) is 0 Å². The molecule has 1 saturated heterocycles. The van der Waals surface area contributed by atoms with E-state index in [1.54, 1.807) is 4.68 Å². The summed E-state index contributed by atoms with van der Waals surface area (Å²) >= 11 is 6.45. The second kappa shape index (κ2) is 5.85. The molecule has 3 heterocycles. The first kappa shape index (κ1) is 16.6. The van der Waals surface area contributed by atoms with Gasteiger partial charge in [-0.05, 0) is 17.7 Å². The van der Waals surface area contributed by atoms with Crippen molar-refractivity contribution in [2.45, 2.75) is 25.2 Å². The highest BCUT2D eigenvalue weighted by molar-refractivity contribution is 6.32. The van der Waals surface area contributed by atoms with E-state index in [9.17, 15) is 4.79 Å². The third-order valence-electron chi connectivity index (χ3n) is 5.46. The minimum atomic E-state index is -0.140. The van der Waals surface area contributed by atoms with E-state index < -0.39 is 0 Å². The number of carbonyl (C=O) groups excluding carboxylic acids is 1. The number of aromatic nitrogens is 2. The number of fused-ring (bicyclic) bond motifs is 1. The SMILES string of the molecule is Cn1cc([C@H]2CNC[C@@H]2C(=O)N2CC(C)(C)c3c(Cl)cccc32)cn1. The summed E-state index contributed by atoms with van der Waals surface area (Å²) in [6, 6.07) is 5.84. The molecule has 132 valence electrons. The van der Waals surface area contributed by atoms with Gasteiger partial charge in [0.2, 0.25) is 5.91 Å². The predicted octanol–water partition coefficient (Wildman–Crippen LogP) is 2.70. The smallest absolute Gasteiger partial charge is 0.232 e. The normalized spacial score (nSPS) is 24.6. The summed E-state index contributed by atoms with van der Waals surface area (Å²) in [5.74, 6) is 0.255. The molecule has 2 aromatic rings. The van der Waals surface area contributed by atoms with Crippen LogP contribution in [0.5, 0.6) is 0 Å². The Balaban J connectivity index is 1.67. The lowest BCUT2D eigenvalue weighted by atomic mass is 9.87. The van der Waals surface area contributed by atoms with Crippen molar-refractivity contribution in [1.29, 1.82) is 0 Å². The van der Waals surface area contributed by atoms with Crippen LogP contribution in [0, 0.1) is 5.92 Å². The molecule has 5 nitrogen and oxygen atoms in total. The minimum absolute atomic E-state index is 0.0788. The number of nitrogens with one attached hydrogen (secondary N) is 1. The van der Waals surface area contributed by atoms with Gasteiger partial charge >= 0.3 is 0 Å². The van der Waals surface area contributed by atoms with Crippen molar-refractivity contribution in [2.75, 3.05) is 24.5 Å². The van der Waals surface area contributed by atoms with Gasteiger partial charge in [-0.2, -0.15) is 5.10 Å². The fourth-order valence-corrected chi connectivity index (χ4v) is 4.71. The van der Waals surface area contributed by atoms with Gasteiger partial charge in [0, 0.05) is 60.5 Å². The van der Waals surface area contributed by atoms with Gasteiger partial charge in [-0.15, -0.1) is 0 Å². The number of hydrogen-bond donors (Lipinski definition) is 1. The predicted molar refractivity (Wildman–Crippen MR) is 99.1 cm³/mol. The Bertz CT molecular complexity index is 829. The number of anilines is 1. The molecule has 2 aliphatic heterocycles. The van der Waals surface area contributed by atoms with Crippen LogP contribution in [0.15, 0.2) is 30.6 Å². The Hall–Kier alpha value is -1.85. The lowest BCUT2D eigenvalue weighted by molar-refractivity contribution is -0.122. The van der Waals surface area contributed by atoms with Crippen molar-refractivity contribution in [3.63, 3.8) is 0 Å². The van der Waals surface area contributed by atoms with Gasteiger partial charge in [0.25, 0.3) is 0 Å². The molecule has 0 unspecified atom stereocenters. The monoisotopic (exact) mass is 358 g/mol. The summed E-state index contributed by atoms with van der Waals surface area (Å²) in [5.41, 5.74) is 3.02. The largest absolute Gasteiger partial charge is 0.315 e. The molecular formula is C19H23ClN4O. The molecule has 1 amide bonds. The molecule has 6 heteroatoms. The van der Waals surface area contributed by atoms with Gasteiger partial charge in [0.15, 0.2) is 0 Å². The second-order valence-corrected chi connectivity index (χ2v) is 8.17. The first-order valence-corrected chi connectivity index (χ1v) is 9.06. The number of nitrogens with zero attached hydrogens (tertiary/aromatic N) is 3. The molecule has 1 fully saturated rings. The molecule has 25 heavy (non-hydrogen) atoms. The lowest BCUT2D eigenvalue weighted by Crippen LogP contribution is -2.40. The molecule has 2 atom stereocenters. The average molecular weight is 359 g/mol. The summed E-state index contributed by atoms with van der Waals surface area (Å²) in [6.45, 7) is 6.47. The van der Waals surface area contributed by atoms with Crippen molar-refractivity contribution in [3.8, 4) is 0 Å². The van der Waals surface area contributed by atoms with Gasteiger partial charge in [-0.3, -0.25) is 9.48 Å². The highest BCUT2D eigenvalue weighted by atomic mass is 35.5. The number of rotatable bonds is 2. The summed E-state index contributed by atoms with van der Waals surface area (Å²) < 4.78 is 1.79. The van der Waals surface area contributed by atoms with Crippen LogP contribution < -0.4 is 10.2 Å². The molecule has 1 aromatic heterocycles. The van der Waals surface area contributed by atoms with Crippen molar-refractivity contribution < 1.29 is 4.79 Å². The summed E-state index contributed by atoms with van der Waals surface area (Å²) in [7, 11) is 1.91. The maximum atomic E-state index is 13.4. The molecular weight excluding hydrogens is 336 g/mol. The first-order valence-electron chi connectivity index (χ1n) is 8.68. The zero-order valence-electron chi connectivity index (χ0n) is 14.8. The maximum Gasteiger partial charge on any atom is 0.232 e. The van der Waals surface area contributed by atoms with E-state index in [1.165, 1.54) is 0 Å². The number of hydrogen-bond acceptors (Lipinski definition) is 3. The Morgan fingerprint density at radius 3 is 2.88 bits per heavy atom. The average Bonchev–Trinajstić information content (AvgIpc) is 3.24. The van der Waals surface area contributed by atoms with Crippen LogP contribution in [0.1, 0.15) is 30.9 Å². The topological polar surface area (TPSA) is 50.2 Å². The van der Waals surface area contributed by atoms with Crippen LogP contribution in [-0.2, 0) is 17.3 Å². The number of amides is 1. The number of aryl methyl sites for hydroxylation is 1. The molecule has 1 aromatic carbocycles. The fraction of sp³-hybridized carbons (Fsp3) is 0.474. The summed E-state index contributed by atoms with van der Waals surface area (Å²) in [4.78, 5) is 15.3. The molecule has 0 radical (unpaired) electrons. The van der Waals surface area contributed by atoms with Crippen LogP contribution in [0.25, 0.3) is 0 Å².